The molecule has 1 aromatic rings. The molecular weight excluding hydrogens is 240 g/mol. The molecule has 1 aliphatic rings. The molecule has 0 saturated heterocycles. The van der Waals surface area contributed by atoms with Gasteiger partial charge in [-0.25, -0.2) is 9.59 Å². The fraction of sp³-hybridized carbons (Fsp3) is 0.455. The highest BCUT2D eigenvalue weighted by Gasteiger charge is 2.17. The lowest BCUT2D eigenvalue weighted by Crippen LogP contribution is -2.35. The van der Waals surface area contributed by atoms with E-state index >= 15 is 0 Å². The van der Waals surface area contributed by atoms with Crippen molar-refractivity contribution in [2.75, 3.05) is 5.32 Å². The predicted molar refractivity (Wildman–Crippen MR) is 65.7 cm³/mol. The lowest BCUT2D eigenvalue weighted by molar-refractivity contribution is 0.0702. The van der Waals surface area contributed by atoms with Crippen molar-refractivity contribution in [1.29, 1.82) is 0 Å². The number of amides is 2. The summed E-state index contributed by atoms with van der Waals surface area (Å²) in [4.78, 5) is 22.5. The minimum Gasteiger partial charge on any atom is -0.477 e. The van der Waals surface area contributed by atoms with Crippen molar-refractivity contribution in [2.45, 2.75) is 31.7 Å². The SMILES string of the molecule is O=C(Nc1ccc(C(=O)O)s1)NC1CCCC1. The van der Waals surface area contributed by atoms with E-state index in [-0.39, 0.29) is 17.0 Å². The van der Waals surface area contributed by atoms with Crippen LogP contribution in [-0.2, 0) is 0 Å². The molecule has 1 aromatic heterocycles. The molecule has 2 rings (SSSR count). The number of carboxylic acid groups (broad SMARTS) is 1. The van der Waals surface area contributed by atoms with Gasteiger partial charge in [-0.15, -0.1) is 11.3 Å². The van der Waals surface area contributed by atoms with Crippen molar-refractivity contribution < 1.29 is 14.7 Å². The Morgan fingerprint density at radius 3 is 2.59 bits per heavy atom. The second kappa shape index (κ2) is 5.18. The number of carbonyl (C=O) groups excluding carboxylic acids is 1. The number of anilines is 1. The van der Waals surface area contributed by atoms with E-state index in [2.05, 4.69) is 10.6 Å². The molecule has 0 spiro atoms. The topological polar surface area (TPSA) is 78.4 Å². The van der Waals surface area contributed by atoms with Crippen LogP contribution < -0.4 is 10.6 Å². The van der Waals surface area contributed by atoms with Crippen LogP contribution in [0.4, 0.5) is 9.80 Å². The molecule has 17 heavy (non-hydrogen) atoms. The number of rotatable bonds is 3. The van der Waals surface area contributed by atoms with Crippen LogP contribution in [0.3, 0.4) is 0 Å². The number of hydrogen-bond acceptors (Lipinski definition) is 3. The van der Waals surface area contributed by atoms with Gasteiger partial charge >= 0.3 is 12.0 Å². The first-order valence-corrected chi connectivity index (χ1v) is 6.37. The van der Waals surface area contributed by atoms with Crippen LogP contribution >= 0.6 is 11.3 Å². The van der Waals surface area contributed by atoms with Crippen LogP contribution in [0.2, 0.25) is 0 Å². The number of hydrogen-bond donors (Lipinski definition) is 3. The van der Waals surface area contributed by atoms with Gasteiger partial charge in [0.1, 0.15) is 4.88 Å². The molecule has 3 N–H and O–H groups in total. The van der Waals surface area contributed by atoms with Crippen molar-refractivity contribution in [3.05, 3.63) is 17.0 Å². The third-order valence-electron chi connectivity index (χ3n) is 2.74. The normalized spacial score (nSPS) is 15.8. The summed E-state index contributed by atoms with van der Waals surface area (Å²) in [5.74, 6) is -0.973. The average Bonchev–Trinajstić information content (AvgIpc) is 2.88. The third kappa shape index (κ3) is 3.20. The van der Waals surface area contributed by atoms with Crippen LogP contribution in [0.15, 0.2) is 12.1 Å². The van der Waals surface area contributed by atoms with Gasteiger partial charge in [-0.3, -0.25) is 5.32 Å². The summed E-state index contributed by atoms with van der Waals surface area (Å²) in [5, 5.41) is 14.8. The first-order valence-electron chi connectivity index (χ1n) is 5.56. The lowest BCUT2D eigenvalue weighted by Gasteiger charge is -2.11. The van der Waals surface area contributed by atoms with E-state index in [1.54, 1.807) is 6.07 Å². The largest absolute Gasteiger partial charge is 0.477 e. The molecule has 0 radical (unpaired) electrons. The fourth-order valence-corrected chi connectivity index (χ4v) is 2.66. The number of nitrogens with one attached hydrogen (secondary N) is 2. The smallest absolute Gasteiger partial charge is 0.345 e. The standard InChI is InChI=1S/C11H14N2O3S/c14-10(15)8-5-6-9(17-8)13-11(16)12-7-3-1-2-4-7/h5-7H,1-4H2,(H,14,15)(H2,12,13,16). The molecule has 1 aliphatic carbocycles. The molecule has 6 heteroatoms. The second-order valence-electron chi connectivity index (χ2n) is 4.05. The zero-order valence-corrected chi connectivity index (χ0v) is 10.0. The highest BCUT2D eigenvalue weighted by atomic mass is 32.1. The van der Waals surface area contributed by atoms with Gasteiger partial charge in [0.2, 0.25) is 0 Å². The van der Waals surface area contributed by atoms with Crippen LogP contribution in [0, 0.1) is 0 Å². The Labute approximate surface area is 103 Å². The van der Waals surface area contributed by atoms with E-state index < -0.39 is 5.97 Å². The number of urea groups is 1. The van der Waals surface area contributed by atoms with E-state index in [0.717, 1.165) is 37.0 Å². The molecule has 0 atom stereocenters. The highest BCUT2D eigenvalue weighted by molar-refractivity contribution is 7.18. The summed E-state index contributed by atoms with van der Waals surface area (Å²) in [7, 11) is 0. The number of thiophene rings is 1. The maximum absolute atomic E-state index is 11.6. The molecule has 1 fully saturated rings. The predicted octanol–water partition coefficient (Wildman–Crippen LogP) is 2.51. The van der Waals surface area contributed by atoms with Crippen molar-refractivity contribution in [1.82, 2.24) is 5.32 Å². The van der Waals surface area contributed by atoms with Crippen LogP contribution in [0.5, 0.6) is 0 Å². The first kappa shape index (κ1) is 11.9. The average molecular weight is 254 g/mol. The van der Waals surface area contributed by atoms with Crippen LogP contribution in [0.25, 0.3) is 0 Å². The molecule has 5 nitrogen and oxygen atoms in total. The number of carbonyl (C=O) groups is 2. The first-order chi connectivity index (χ1) is 8.15. The Morgan fingerprint density at radius 2 is 2.00 bits per heavy atom. The third-order valence-corrected chi connectivity index (χ3v) is 3.73. The van der Waals surface area contributed by atoms with Crippen LogP contribution in [0.1, 0.15) is 35.4 Å². The summed E-state index contributed by atoms with van der Waals surface area (Å²) in [5.41, 5.74) is 0. The minimum absolute atomic E-state index is 0.223. The van der Waals surface area contributed by atoms with E-state index in [4.69, 9.17) is 5.11 Å². The van der Waals surface area contributed by atoms with E-state index in [0.29, 0.717) is 5.00 Å². The fourth-order valence-electron chi connectivity index (χ4n) is 1.92. The highest BCUT2D eigenvalue weighted by Crippen LogP contribution is 2.22. The zero-order valence-electron chi connectivity index (χ0n) is 9.23. The molecule has 0 unspecified atom stereocenters. The van der Waals surface area contributed by atoms with Crippen molar-refractivity contribution >= 4 is 28.3 Å². The van der Waals surface area contributed by atoms with Crippen LogP contribution in [-0.4, -0.2) is 23.1 Å². The van der Waals surface area contributed by atoms with Gasteiger partial charge in [-0.2, -0.15) is 0 Å². The molecule has 92 valence electrons. The van der Waals surface area contributed by atoms with E-state index in [1.807, 2.05) is 0 Å². The van der Waals surface area contributed by atoms with Gasteiger partial charge in [-0.1, -0.05) is 12.8 Å². The Kier molecular flexibility index (Phi) is 3.63. The monoisotopic (exact) mass is 254 g/mol. The molecule has 1 heterocycles. The second-order valence-corrected chi connectivity index (χ2v) is 5.13. The number of carboxylic acids is 1. The van der Waals surface area contributed by atoms with Gasteiger partial charge in [0.25, 0.3) is 0 Å². The van der Waals surface area contributed by atoms with Crippen molar-refractivity contribution in [3.8, 4) is 0 Å². The van der Waals surface area contributed by atoms with Gasteiger partial charge in [0.15, 0.2) is 0 Å². The quantitative estimate of drug-likeness (QED) is 0.775. The minimum atomic E-state index is -0.973. The van der Waals surface area contributed by atoms with Crippen molar-refractivity contribution in [2.24, 2.45) is 0 Å². The Hall–Kier alpha value is -1.56. The molecule has 0 aliphatic heterocycles. The van der Waals surface area contributed by atoms with Gasteiger partial charge in [-0.05, 0) is 25.0 Å². The van der Waals surface area contributed by atoms with E-state index in [1.165, 1.54) is 6.07 Å². The zero-order chi connectivity index (χ0) is 12.3. The molecule has 1 saturated carbocycles. The molecule has 0 bridgehead atoms. The van der Waals surface area contributed by atoms with Gasteiger partial charge < -0.3 is 10.4 Å². The summed E-state index contributed by atoms with van der Waals surface area (Å²) in [6.07, 6.45) is 4.37. The van der Waals surface area contributed by atoms with Gasteiger partial charge in [0.05, 0.1) is 5.00 Å². The lowest BCUT2D eigenvalue weighted by atomic mass is 10.3. The summed E-state index contributed by atoms with van der Waals surface area (Å²) < 4.78 is 0. The molecule has 0 aromatic carbocycles. The summed E-state index contributed by atoms with van der Waals surface area (Å²) in [6, 6.07) is 3.09. The Balaban J connectivity index is 1.86. The maximum Gasteiger partial charge on any atom is 0.345 e. The maximum atomic E-state index is 11.6. The van der Waals surface area contributed by atoms with E-state index in [9.17, 15) is 9.59 Å². The molecule has 2 amide bonds. The number of aromatic carboxylic acids is 1. The van der Waals surface area contributed by atoms with Crippen molar-refractivity contribution in [3.63, 3.8) is 0 Å². The summed E-state index contributed by atoms with van der Waals surface area (Å²) >= 11 is 1.06. The Morgan fingerprint density at radius 1 is 1.29 bits per heavy atom. The molecular formula is C11H14N2O3S. The Bertz CT molecular complexity index is 424. The summed E-state index contributed by atoms with van der Waals surface area (Å²) in [6.45, 7) is 0. The van der Waals surface area contributed by atoms with Gasteiger partial charge in [0, 0.05) is 6.04 Å².